The van der Waals surface area contributed by atoms with Gasteiger partial charge in [-0.05, 0) is 39.5 Å². The van der Waals surface area contributed by atoms with Crippen LogP contribution in [0.25, 0.3) is 0 Å². The van der Waals surface area contributed by atoms with Crippen LogP contribution in [0.15, 0.2) is 27.1 Å². The molecule has 14 heavy (non-hydrogen) atoms. The summed E-state index contributed by atoms with van der Waals surface area (Å²) in [6.45, 7) is 7.60. The normalized spacial score (nSPS) is 11.5. The molecule has 0 aliphatic heterocycles. The van der Waals surface area contributed by atoms with E-state index in [4.69, 9.17) is 0 Å². The van der Waals surface area contributed by atoms with E-state index in [1.54, 1.807) is 0 Å². The Balaban J connectivity index is 2.72. The van der Waals surface area contributed by atoms with E-state index >= 15 is 0 Å². The van der Waals surface area contributed by atoms with Crippen molar-refractivity contribution in [3.63, 3.8) is 0 Å². The second-order valence-electron chi connectivity index (χ2n) is 4.54. The minimum absolute atomic E-state index is 0.293. The Morgan fingerprint density at radius 3 is 2.43 bits per heavy atom. The molecule has 0 spiro atoms. The number of anilines is 1. The highest BCUT2D eigenvalue weighted by Gasteiger charge is 2.10. The van der Waals surface area contributed by atoms with E-state index in [0.29, 0.717) is 5.41 Å². The predicted molar refractivity (Wildman–Crippen MR) is 69.8 cm³/mol. The highest BCUT2D eigenvalue weighted by molar-refractivity contribution is 9.11. The zero-order valence-electron chi connectivity index (χ0n) is 8.70. The van der Waals surface area contributed by atoms with E-state index in [1.807, 2.05) is 12.1 Å². The van der Waals surface area contributed by atoms with Gasteiger partial charge in [-0.15, -0.1) is 0 Å². The minimum Gasteiger partial charge on any atom is -0.384 e. The Bertz CT molecular complexity index is 316. The van der Waals surface area contributed by atoms with Crippen LogP contribution < -0.4 is 5.32 Å². The topological polar surface area (TPSA) is 12.0 Å². The third-order valence-corrected chi connectivity index (χ3v) is 2.92. The second kappa shape index (κ2) is 4.67. The molecule has 1 nitrogen and oxygen atoms in total. The smallest absolute Gasteiger partial charge is 0.0496 e. The lowest BCUT2D eigenvalue weighted by atomic mass is 9.97. The molecule has 0 unspecified atom stereocenters. The number of benzene rings is 1. The quantitative estimate of drug-likeness (QED) is 0.835. The van der Waals surface area contributed by atoms with E-state index in [-0.39, 0.29) is 0 Å². The summed E-state index contributed by atoms with van der Waals surface area (Å²) in [6, 6.07) is 6.14. The van der Waals surface area contributed by atoms with Crippen molar-refractivity contribution in [2.24, 2.45) is 5.41 Å². The summed E-state index contributed by atoms with van der Waals surface area (Å²) in [5.41, 5.74) is 1.43. The van der Waals surface area contributed by atoms with E-state index in [2.05, 4.69) is 64.0 Å². The number of rotatable bonds is 2. The molecular weight excluding hydrogens is 306 g/mol. The minimum atomic E-state index is 0.293. The third-order valence-electron chi connectivity index (χ3n) is 1.74. The molecule has 3 heteroatoms. The SMILES string of the molecule is CC(C)(C)CNc1cc(Br)ccc1Br. The molecule has 0 saturated carbocycles. The number of hydrogen-bond acceptors (Lipinski definition) is 1. The summed E-state index contributed by atoms with van der Waals surface area (Å²) in [4.78, 5) is 0. The van der Waals surface area contributed by atoms with E-state index in [9.17, 15) is 0 Å². The fourth-order valence-electron chi connectivity index (χ4n) is 0.993. The molecule has 0 bridgehead atoms. The van der Waals surface area contributed by atoms with Crippen molar-refractivity contribution in [1.82, 2.24) is 0 Å². The van der Waals surface area contributed by atoms with Crippen molar-refractivity contribution >= 4 is 37.5 Å². The summed E-state index contributed by atoms with van der Waals surface area (Å²) in [5, 5.41) is 3.42. The predicted octanol–water partition coefficient (Wildman–Crippen LogP) is 4.67. The van der Waals surface area contributed by atoms with Gasteiger partial charge in [0.1, 0.15) is 0 Å². The van der Waals surface area contributed by atoms with Gasteiger partial charge < -0.3 is 5.32 Å². The molecule has 0 heterocycles. The van der Waals surface area contributed by atoms with Gasteiger partial charge >= 0.3 is 0 Å². The summed E-state index contributed by atoms with van der Waals surface area (Å²) >= 11 is 6.97. The Morgan fingerprint density at radius 1 is 1.21 bits per heavy atom. The zero-order valence-corrected chi connectivity index (χ0v) is 11.9. The van der Waals surface area contributed by atoms with Crippen molar-refractivity contribution in [2.45, 2.75) is 20.8 Å². The second-order valence-corrected chi connectivity index (χ2v) is 6.31. The van der Waals surface area contributed by atoms with Crippen LogP contribution in [0.4, 0.5) is 5.69 Å². The van der Waals surface area contributed by atoms with Crippen LogP contribution in [0.1, 0.15) is 20.8 Å². The lowest BCUT2D eigenvalue weighted by Gasteiger charge is -2.20. The number of nitrogens with one attached hydrogen (secondary N) is 1. The highest BCUT2D eigenvalue weighted by atomic mass is 79.9. The number of halogens is 2. The maximum atomic E-state index is 3.51. The first-order chi connectivity index (χ1) is 6.38. The van der Waals surface area contributed by atoms with Gasteiger partial charge in [0.2, 0.25) is 0 Å². The van der Waals surface area contributed by atoms with Crippen molar-refractivity contribution in [3.05, 3.63) is 27.1 Å². The zero-order chi connectivity index (χ0) is 10.8. The molecule has 0 aromatic heterocycles. The van der Waals surface area contributed by atoms with Crippen molar-refractivity contribution < 1.29 is 0 Å². The molecule has 1 rings (SSSR count). The molecule has 1 aromatic carbocycles. The lowest BCUT2D eigenvalue weighted by Crippen LogP contribution is -2.19. The van der Waals surface area contributed by atoms with Gasteiger partial charge in [0.05, 0.1) is 0 Å². The van der Waals surface area contributed by atoms with Crippen LogP contribution in [0.5, 0.6) is 0 Å². The molecule has 1 aromatic rings. The molecule has 0 amide bonds. The molecule has 78 valence electrons. The van der Waals surface area contributed by atoms with Crippen LogP contribution in [-0.2, 0) is 0 Å². The Kier molecular flexibility index (Phi) is 4.02. The summed E-state index contributed by atoms with van der Waals surface area (Å²) < 4.78 is 2.20. The van der Waals surface area contributed by atoms with E-state index in [0.717, 1.165) is 21.2 Å². The van der Waals surface area contributed by atoms with Gasteiger partial charge in [-0.3, -0.25) is 0 Å². The first-order valence-electron chi connectivity index (χ1n) is 4.57. The molecule has 0 fully saturated rings. The molecule has 0 aliphatic rings. The Hall–Kier alpha value is -0.0200. The van der Waals surface area contributed by atoms with Crippen LogP contribution in [0, 0.1) is 5.41 Å². The Morgan fingerprint density at radius 2 is 1.86 bits per heavy atom. The number of hydrogen-bond donors (Lipinski definition) is 1. The maximum absolute atomic E-state index is 3.51. The Labute approximate surface area is 103 Å². The van der Waals surface area contributed by atoms with Crippen LogP contribution in [-0.4, -0.2) is 6.54 Å². The molecule has 0 saturated heterocycles. The monoisotopic (exact) mass is 319 g/mol. The highest BCUT2D eigenvalue weighted by Crippen LogP contribution is 2.27. The largest absolute Gasteiger partial charge is 0.384 e. The maximum Gasteiger partial charge on any atom is 0.0496 e. The van der Waals surface area contributed by atoms with Gasteiger partial charge in [-0.25, -0.2) is 0 Å². The molecule has 1 N–H and O–H groups in total. The van der Waals surface area contributed by atoms with Gasteiger partial charge in [0.15, 0.2) is 0 Å². The fraction of sp³-hybridized carbons (Fsp3) is 0.455. The average molecular weight is 321 g/mol. The van der Waals surface area contributed by atoms with Crippen LogP contribution in [0.3, 0.4) is 0 Å². The van der Waals surface area contributed by atoms with Crippen LogP contribution >= 0.6 is 31.9 Å². The lowest BCUT2D eigenvalue weighted by molar-refractivity contribution is 0.443. The fourth-order valence-corrected chi connectivity index (χ4v) is 1.74. The van der Waals surface area contributed by atoms with Crippen LogP contribution in [0.2, 0.25) is 0 Å². The van der Waals surface area contributed by atoms with Gasteiger partial charge in [0.25, 0.3) is 0 Å². The van der Waals surface area contributed by atoms with Gasteiger partial charge in [-0.1, -0.05) is 36.7 Å². The van der Waals surface area contributed by atoms with Crippen molar-refractivity contribution in [2.75, 3.05) is 11.9 Å². The first-order valence-corrected chi connectivity index (χ1v) is 6.16. The summed E-state index contributed by atoms with van der Waals surface area (Å²) in [6.07, 6.45) is 0. The first kappa shape index (κ1) is 12.1. The third kappa shape index (κ3) is 4.01. The summed E-state index contributed by atoms with van der Waals surface area (Å²) in [5.74, 6) is 0. The van der Waals surface area contributed by atoms with E-state index in [1.165, 1.54) is 0 Å². The van der Waals surface area contributed by atoms with Gasteiger partial charge in [-0.2, -0.15) is 0 Å². The summed E-state index contributed by atoms with van der Waals surface area (Å²) in [7, 11) is 0. The average Bonchev–Trinajstić information content (AvgIpc) is 2.05. The molecule has 0 radical (unpaired) electrons. The van der Waals surface area contributed by atoms with Crippen molar-refractivity contribution in [3.8, 4) is 0 Å². The molecule has 0 aliphatic carbocycles. The van der Waals surface area contributed by atoms with Crippen molar-refractivity contribution in [1.29, 1.82) is 0 Å². The van der Waals surface area contributed by atoms with E-state index < -0.39 is 0 Å². The standard InChI is InChI=1S/C11H15Br2N/c1-11(2,3)7-14-10-6-8(12)4-5-9(10)13/h4-6,14H,7H2,1-3H3. The van der Waals surface area contributed by atoms with Gasteiger partial charge in [0, 0.05) is 21.2 Å². The molecular formula is C11H15Br2N. The molecule has 0 atom stereocenters.